The molecule has 0 bridgehead atoms. The van der Waals surface area contributed by atoms with E-state index in [1.165, 1.54) is 0 Å². The van der Waals surface area contributed by atoms with Gasteiger partial charge in [0.2, 0.25) is 5.78 Å². The number of halogens is 1. The normalized spacial score (nSPS) is 13.6. The summed E-state index contributed by atoms with van der Waals surface area (Å²) in [5.41, 5.74) is 2.71. The van der Waals surface area contributed by atoms with Crippen LogP contribution in [0.2, 0.25) is 5.02 Å². The molecule has 0 atom stereocenters. The zero-order chi connectivity index (χ0) is 22.0. The quantitative estimate of drug-likeness (QED) is 0.305. The monoisotopic (exact) mass is 434 g/mol. The Bertz CT molecular complexity index is 1200. The molecule has 0 radical (unpaired) electrons. The first-order valence-corrected chi connectivity index (χ1v) is 9.99. The van der Waals surface area contributed by atoms with Crippen LogP contribution >= 0.6 is 11.6 Å². The first-order chi connectivity index (χ1) is 14.9. The lowest BCUT2D eigenvalue weighted by molar-refractivity contribution is -0.133. The lowest BCUT2D eigenvalue weighted by atomic mass is 10.0. The average molecular weight is 435 g/mol. The number of rotatable bonds is 5. The maximum Gasteiger partial charge on any atom is 0.315 e. The molecule has 3 aromatic rings. The van der Waals surface area contributed by atoms with Gasteiger partial charge in [-0.05, 0) is 60.0 Å². The molecule has 31 heavy (non-hydrogen) atoms. The van der Waals surface area contributed by atoms with E-state index in [9.17, 15) is 9.59 Å². The van der Waals surface area contributed by atoms with Gasteiger partial charge in [-0.3, -0.25) is 9.59 Å². The van der Waals surface area contributed by atoms with E-state index in [4.69, 9.17) is 25.8 Å². The predicted octanol–water partition coefficient (Wildman–Crippen LogP) is 5.42. The molecule has 6 heteroatoms. The number of benzene rings is 3. The van der Waals surface area contributed by atoms with E-state index in [0.29, 0.717) is 33.4 Å². The number of fused-ring (bicyclic) bond motifs is 1. The standard InChI is InChI=1S/C25H19ClO5/c1-15-10-20(30-23(27)13-16-6-8-18(26)9-7-16)14-21-24(15)25(28)22(31-21)12-17-4-3-5-19(11-17)29-2/h3-12,14H,13H2,1-2H3/b22-12-. The third-order valence-electron chi connectivity index (χ3n) is 4.83. The summed E-state index contributed by atoms with van der Waals surface area (Å²) in [6, 6.07) is 17.5. The molecule has 4 rings (SSSR count). The molecule has 3 aromatic carbocycles. The predicted molar refractivity (Wildman–Crippen MR) is 118 cm³/mol. The van der Waals surface area contributed by atoms with Crippen LogP contribution in [0.5, 0.6) is 17.2 Å². The van der Waals surface area contributed by atoms with Crippen molar-refractivity contribution >= 4 is 29.4 Å². The molecular formula is C25H19ClO5. The van der Waals surface area contributed by atoms with Gasteiger partial charge in [0.05, 0.1) is 19.1 Å². The lowest BCUT2D eigenvalue weighted by Gasteiger charge is -2.08. The highest BCUT2D eigenvalue weighted by Gasteiger charge is 2.30. The third kappa shape index (κ3) is 4.62. The van der Waals surface area contributed by atoms with Gasteiger partial charge in [0.25, 0.3) is 0 Å². The van der Waals surface area contributed by atoms with Gasteiger partial charge >= 0.3 is 5.97 Å². The van der Waals surface area contributed by atoms with Crippen LogP contribution in [0.4, 0.5) is 0 Å². The van der Waals surface area contributed by atoms with Crippen molar-refractivity contribution in [3.8, 4) is 17.2 Å². The smallest absolute Gasteiger partial charge is 0.315 e. The maximum absolute atomic E-state index is 12.8. The molecule has 0 amide bonds. The van der Waals surface area contributed by atoms with E-state index in [2.05, 4.69) is 0 Å². The van der Waals surface area contributed by atoms with Gasteiger partial charge in [-0.2, -0.15) is 0 Å². The second kappa shape index (κ2) is 8.66. The van der Waals surface area contributed by atoms with Crippen molar-refractivity contribution in [3.05, 3.63) is 93.7 Å². The minimum Gasteiger partial charge on any atom is -0.497 e. The Balaban J connectivity index is 1.53. The Morgan fingerprint density at radius 3 is 2.58 bits per heavy atom. The van der Waals surface area contributed by atoms with Crippen molar-refractivity contribution in [1.82, 2.24) is 0 Å². The molecule has 0 aromatic heterocycles. The van der Waals surface area contributed by atoms with E-state index in [1.807, 2.05) is 24.3 Å². The van der Waals surface area contributed by atoms with Crippen molar-refractivity contribution in [2.75, 3.05) is 7.11 Å². The lowest BCUT2D eigenvalue weighted by Crippen LogP contribution is -2.11. The van der Waals surface area contributed by atoms with Gasteiger partial charge in [-0.25, -0.2) is 0 Å². The molecule has 0 aliphatic carbocycles. The molecule has 0 unspecified atom stereocenters. The molecule has 5 nitrogen and oxygen atoms in total. The SMILES string of the molecule is COc1cccc(/C=C2\Oc3cc(OC(=O)Cc4ccc(Cl)cc4)cc(C)c3C2=O)c1. The number of Topliss-reactive ketones (excluding diaryl/α,β-unsaturated/α-hetero) is 1. The van der Waals surface area contributed by atoms with Crippen LogP contribution in [0.15, 0.2) is 66.4 Å². The summed E-state index contributed by atoms with van der Waals surface area (Å²) in [5, 5.41) is 0.603. The summed E-state index contributed by atoms with van der Waals surface area (Å²) in [7, 11) is 1.58. The van der Waals surface area contributed by atoms with E-state index in [0.717, 1.165) is 11.1 Å². The summed E-state index contributed by atoms with van der Waals surface area (Å²) in [6.07, 6.45) is 1.77. The zero-order valence-electron chi connectivity index (χ0n) is 17.0. The van der Waals surface area contributed by atoms with Crippen LogP contribution in [0.25, 0.3) is 6.08 Å². The summed E-state index contributed by atoms with van der Waals surface area (Å²) < 4.78 is 16.5. The number of hydrogen-bond acceptors (Lipinski definition) is 5. The molecule has 1 heterocycles. The number of ether oxygens (including phenoxy) is 3. The van der Waals surface area contributed by atoms with Gasteiger partial charge < -0.3 is 14.2 Å². The molecule has 0 saturated heterocycles. The zero-order valence-corrected chi connectivity index (χ0v) is 17.7. The first-order valence-electron chi connectivity index (χ1n) is 9.61. The molecule has 0 fully saturated rings. The Hall–Kier alpha value is -3.57. The second-order valence-corrected chi connectivity index (χ2v) is 7.54. The maximum atomic E-state index is 12.8. The van der Waals surface area contributed by atoms with Gasteiger partial charge in [0, 0.05) is 11.1 Å². The summed E-state index contributed by atoms with van der Waals surface area (Å²) in [4.78, 5) is 25.2. The number of esters is 1. The Kier molecular flexibility index (Phi) is 5.78. The number of allylic oxidation sites excluding steroid dienone is 1. The minimum atomic E-state index is -0.418. The fourth-order valence-corrected chi connectivity index (χ4v) is 3.48. The van der Waals surface area contributed by atoms with Gasteiger partial charge in [0.1, 0.15) is 17.2 Å². The number of carbonyl (C=O) groups is 2. The number of aryl methyl sites for hydroxylation is 1. The highest BCUT2D eigenvalue weighted by Crippen LogP contribution is 2.37. The van der Waals surface area contributed by atoms with Gasteiger partial charge in [-0.1, -0.05) is 35.9 Å². The second-order valence-electron chi connectivity index (χ2n) is 7.11. The van der Waals surface area contributed by atoms with Crippen LogP contribution in [-0.2, 0) is 11.2 Å². The minimum absolute atomic E-state index is 0.105. The highest BCUT2D eigenvalue weighted by atomic mass is 35.5. The molecule has 1 aliphatic rings. The Morgan fingerprint density at radius 1 is 1.06 bits per heavy atom. The van der Waals surface area contributed by atoms with Gasteiger partial charge in [0.15, 0.2) is 5.76 Å². The van der Waals surface area contributed by atoms with Crippen molar-refractivity contribution in [2.45, 2.75) is 13.3 Å². The van der Waals surface area contributed by atoms with Crippen LogP contribution < -0.4 is 14.2 Å². The van der Waals surface area contributed by atoms with Gasteiger partial charge in [-0.15, -0.1) is 0 Å². The van der Waals surface area contributed by atoms with Crippen LogP contribution in [-0.4, -0.2) is 18.9 Å². The van der Waals surface area contributed by atoms with Crippen molar-refractivity contribution in [3.63, 3.8) is 0 Å². The van der Waals surface area contributed by atoms with E-state index in [-0.39, 0.29) is 18.0 Å². The van der Waals surface area contributed by atoms with Crippen LogP contribution in [0, 0.1) is 6.92 Å². The van der Waals surface area contributed by atoms with Crippen molar-refractivity contribution < 1.29 is 23.8 Å². The molecule has 156 valence electrons. The van der Waals surface area contributed by atoms with Crippen LogP contribution in [0.3, 0.4) is 0 Å². The number of ketones is 1. The molecule has 1 aliphatic heterocycles. The van der Waals surface area contributed by atoms with Crippen molar-refractivity contribution in [2.24, 2.45) is 0 Å². The topological polar surface area (TPSA) is 61.8 Å². The first kappa shape index (κ1) is 20.7. The fraction of sp³-hybridized carbons (Fsp3) is 0.120. The summed E-state index contributed by atoms with van der Waals surface area (Å²) in [6.45, 7) is 1.78. The Morgan fingerprint density at radius 2 is 1.84 bits per heavy atom. The molecule has 0 spiro atoms. The van der Waals surface area contributed by atoms with E-state index in [1.54, 1.807) is 56.5 Å². The Labute approximate surface area is 184 Å². The molecule has 0 saturated carbocycles. The van der Waals surface area contributed by atoms with E-state index < -0.39 is 5.97 Å². The largest absolute Gasteiger partial charge is 0.497 e. The highest BCUT2D eigenvalue weighted by molar-refractivity contribution is 6.30. The number of carbonyl (C=O) groups excluding carboxylic acids is 2. The fourth-order valence-electron chi connectivity index (χ4n) is 3.36. The van der Waals surface area contributed by atoms with Crippen molar-refractivity contribution in [1.29, 1.82) is 0 Å². The number of hydrogen-bond donors (Lipinski definition) is 0. The average Bonchev–Trinajstić information content (AvgIpc) is 3.05. The molecule has 0 N–H and O–H groups in total. The third-order valence-corrected chi connectivity index (χ3v) is 5.08. The number of methoxy groups -OCH3 is 1. The van der Waals surface area contributed by atoms with E-state index >= 15 is 0 Å². The summed E-state index contributed by atoms with van der Waals surface area (Å²) in [5.74, 6) is 0.950. The summed E-state index contributed by atoms with van der Waals surface area (Å²) >= 11 is 5.87. The molecular weight excluding hydrogens is 416 g/mol. The van der Waals surface area contributed by atoms with Crippen LogP contribution in [0.1, 0.15) is 27.0 Å².